The van der Waals surface area contributed by atoms with E-state index in [9.17, 15) is 0 Å². The number of nitrogens with zero attached hydrogens (tertiary/aromatic N) is 1. The standard InChI is InChI=1S/C13H17N/c1-2-3-4-5-6-12-7-9-13(11-14)10-8-12/h7-10H,2-6H2,1H3. The van der Waals surface area contributed by atoms with Crippen LogP contribution in [0.25, 0.3) is 0 Å². The highest BCUT2D eigenvalue weighted by Gasteiger charge is 1.94. The number of nitriles is 1. The van der Waals surface area contributed by atoms with Gasteiger partial charge >= 0.3 is 0 Å². The molecule has 0 aromatic heterocycles. The largest absolute Gasteiger partial charge is 0.192 e. The van der Waals surface area contributed by atoms with Crippen LogP contribution in [0.15, 0.2) is 24.3 Å². The first kappa shape index (κ1) is 10.8. The molecule has 0 heterocycles. The lowest BCUT2D eigenvalue weighted by Crippen LogP contribution is -1.85. The molecule has 0 atom stereocenters. The first-order valence-electron chi connectivity index (χ1n) is 5.36. The monoisotopic (exact) mass is 187 g/mol. The maximum absolute atomic E-state index is 8.62. The van der Waals surface area contributed by atoms with E-state index in [1.54, 1.807) is 0 Å². The van der Waals surface area contributed by atoms with Gasteiger partial charge in [0.1, 0.15) is 0 Å². The van der Waals surface area contributed by atoms with Crippen molar-refractivity contribution in [2.75, 3.05) is 0 Å². The van der Waals surface area contributed by atoms with E-state index < -0.39 is 0 Å². The molecule has 14 heavy (non-hydrogen) atoms. The summed E-state index contributed by atoms with van der Waals surface area (Å²) in [6, 6.07) is 10.0. The van der Waals surface area contributed by atoms with Crippen molar-refractivity contribution in [3.63, 3.8) is 0 Å². The fraction of sp³-hybridized carbons (Fsp3) is 0.462. The minimum absolute atomic E-state index is 0.752. The Morgan fingerprint density at radius 1 is 1.07 bits per heavy atom. The molecule has 0 saturated carbocycles. The summed E-state index contributed by atoms with van der Waals surface area (Å²) in [6.07, 6.45) is 6.34. The van der Waals surface area contributed by atoms with Gasteiger partial charge in [0, 0.05) is 0 Å². The van der Waals surface area contributed by atoms with E-state index in [1.807, 2.05) is 12.1 Å². The Labute approximate surface area is 86.4 Å². The van der Waals surface area contributed by atoms with Crippen molar-refractivity contribution < 1.29 is 0 Å². The smallest absolute Gasteiger partial charge is 0.0991 e. The molecule has 0 radical (unpaired) electrons. The van der Waals surface area contributed by atoms with Crippen LogP contribution in [0.5, 0.6) is 0 Å². The van der Waals surface area contributed by atoms with E-state index in [1.165, 1.54) is 31.2 Å². The molecule has 74 valence electrons. The number of benzene rings is 1. The molecule has 0 N–H and O–H groups in total. The molecular weight excluding hydrogens is 170 g/mol. The van der Waals surface area contributed by atoms with E-state index in [-0.39, 0.29) is 0 Å². The maximum Gasteiger partial charge on any atom is 0.0991 e. The van der Waals surface area contributed by atoms with Gasteiger partial charge in [-0.1, -0.05) is 38.3 Å². The Hall–Kier alpha value is -1.29. The van der Waals surface area contributed by atoms with E-state index in [4.69, 9.17) is 5.26 Å². The number of hydrogen-bond donors (Lipinski definition) is 0. The topological polar surface area (TPSA) is 23.8 Å². The molecule has 0 spiro atoms. The normalized spacial score (nSPS) is 9.71. The minimum atomic E-state index is 0.752. The SMILES string of the molecule is CCCCCCc1ccc(C#N)cc1. The fourth-order valence-corrected chi connectivity index (χ4v) is 1.50. The van der Waals surface area contributed by atoms with Gasteiger partial charge in [-0.3, -0.25) is 0 Å². The summed E-state index contributed by atoms with van der Waals surface area (Å²) in [6.45, 7) is 2.22. The number of unbranched alkanes of at least 4 members (excludes halogenated alkanes) is 3. The van der Waals surface area contributed by atoms with E-state index in [0.717, 1.165) is 12.0 Å². The first-order valence-corrected chi connectivity index (χ1v) is 5.36. The van der Waals surface area contributed by atoms with Crippen LogP contribution in [0.3, 0.4) is 0 Å². The van der Waals surface area contributed by atoms with Crippen molar-refractivity contribution in [3.8, 4) is 6.07 Å². The Bertz CT molecular complexity index is 292. The second-order valence-corrected chi connectivity index (χ2v) is 3.62. The van der Waals surface area contributed by atoms with Crippen LogP contribution in [-0.2, 0) is 6.42 Å². The van der Waals surface area contributed by atoms with Crippen LogP contribution in [0, 0.1) is 11.3 Å². The molecule has 0 bridgehead atoms. The van der Waals surface area contributed by atoms with Gasteiger partial charge in [0.15, 0.2) is 0 Å². The van der Waals surface area contributed by atoms with Crippen LogP contribution < -0.4 is 0 Å². The highest BCUT2D eigenvalue weighted by Crippen LogP contribution is 2.08. The summed E-state index contributed by atoms with van der Waals surface area (Å²) < 4.78 is 0. The number of hydrogen-bond acceptors (Lipinski definition) is 1. The van der Waals surface area contributed by atoms with Crippen LogP contribution in [0.2, 0.25) is 0 Å². The second kappa shape index (κ2) is 6.21. The Balaban J connectivity index is 2.33. The van der Waals surface area contributed by atoms with Crippen LogP contribution >= 0.6 is 0 Å². The van der Waals surface area contributed by atoms with Crippen LogP contribution in [0.1, 0.15) is 43.7 Å². The fourth-order valence-electron chi connectivity index (χ4n) is 1.50. The van der Waals surface area contributed by atoms with Gasteiger partial charge in [-0.05, 0) is 30.5 Å². The molecular formula is C13H17N. The zero-order valence-electron chi connectivity index (χ0n) is 8.79. The lowest BCUT2D eigenvalue weighted by Gasteiger charge is -2.00. The second-order valence-electron chi connectivity index (χ2n) is 3.62. The Morgan fingerprint density at radius 2 is 1.79 bits per heavy atom. The minimum Gasteiger partial charge on any atom is -0.192 e. The van der Waals surface area contributed by atoms with E-state index in [2.05, 4.69) is 25.1 Å². The summed E-state index contributed by atoms with van der Waals surface area (Å²) in [5.74, 6) is 0. The van der Waals surface area contributed by atoms with Gasteiger partial charge in [-0.2, -0.15) is 5.26 Å². The highest BCUT2D eigenvalue weighted by atomic mass is 14.2. The van der Waals surface area contributed by atoms with Crippen molar-refractivity contribution in [2.24, 2.45) is 0 Å². The molecule has 1 rings (SSSR count). The zero-order valence-corrected chi connectivity index (χ0v) is 8.79. The van der Waals surface area contributed by atoms with E-state index in [0.29, 0.717) is 0 Å². The summed E-state index contributed by atoms with van der Waals surface area (Å²) in [7, 11) is 0. The van der Waals surface area contributed by atoms with E-state index >= 15 is 0 Å². The molecule has 0 unspecified atom stereocenters. The molecule has 1 aromatic carbocycles. The quantitative estimate of drug-likeness (QED) is 0.645. The maximum atomic E-state index is 8.62. The third kappa shape index (κ3) is 3.62. The molecule has 0 fully saturated rings. The lowest BCUT2D eigenvalue weighted by molar-refractivity contribution is 0.667. The summed E-state index contributed by atoms with van der Waals surface area (Å²) in [4.78, 5) is 0. The summed E-state index contributed by atoms with van der Waals surface area (Å²) in [5, 5.41) is 8.62. The average Bonchev–Trinajstić information content (AvgIpc) is 2.25. The molecule has 1 heteroatoms. The third-order valence-corrected chi connectivity index (χ3v) is 2.40. The molecule has 0 saturated heterocycles. The van der Waals surface area contributed by atoms with Crippen LogP contribution in [0.4, 0.5) is 0 Å². The van der Waals surface area contributed by atoms with Crippen molar-refractivity contribution in [1.29, 1.82) is 5.26 Å². The Morgan fingerprint density at radius 3 is 2.36 bits per heavy atom. The molecule has 0 aliphatic carbocycles. The molecule has 0 aliphatic heterocycles. The third-order valence-electron chi connectivity index (χ3n) is 2.40. The first-order chi connectivity index (χ1) is 6.86. The molecule has 0 amide bonds. The molecule has 1 nitrogen and oxygen atoms in total. The van der Waals surface area contributed by atoms with Crippen molar-refractivity contribution in [2.45, 2.75) is 39.0 Å². The summed E-state index contributed by atoms with van der Waals surface area (Å²) in [5.41, 5.74) is 2.10. The molecule has 1 aromatic rings. The van der Waals surface area contributed by atoms with Gasteiger partial charge in [0.2, 0.25) is 0 Å². The van der Waals surface area contributed by atoms with Gasteiger partial charge < -0.3 is 0 Å². The predicted octanol–water partition coefficient (Wildman–Crippen LogP) is 3.68. The average molecular weight is 187 g/mol. The van der Waals surface area contributed by atoms with Crippen molar-refractivity contribution in [1.82, 2.24) is 0 Å². The lowest BCUT2D eigenvalue weighted by atomic mass is 10.1. The van der Waals surface area contributed by atoms with Crippen molar-refractivity contribution in [3.05, 3.63) is 35.4 Å². The number of aryl methyl sites for hydroxylation is 1. The Kier molecular flexibility index (Phi) is 4.78. The van der Waals surface area contributed by atoms with Gasteiger partial charge in [-0.15, -0.1) is 0 Å². The molecule has 0 aliphatic rings. The summed E-state index contributed by atoms with van der Waals surface area (Å²) >= 11 is 0. The van der Waals surface area contributed by atoms with Gasteiger partial charge in [0.05, 0.1) is 11.6 Å². The predicted molar refractivity (Wildman–Crippen MR) is 59.0 cm³/mol. The van der Waals surface area contributed by atoms with Gasteiger partial charge in [-0.25, -0.2) is 0 Å². The van der Waals surface area contributed by atoms with Gasteiger partial charge in [0.25, 0.3) is 0 Å². The van der Waals surface area contributed by atoms with Crippen molar-refractivity contribution >= 4 is 0 Å². The number of rotatable bonds is 5. The van der Waals surface area contributed by atoms with Crippen LogP contribution in [-0.4, -0.2) is 0 Å². The highest BCUT2D eigenvalue weighted by molar-refractivity contribution is 5.31. The zero-order chi connectivity index (χ0) is 10.2.